The van der Waals surface area contributed by atoms with Crippen molar-refractivity contribution >= 4 is 0 Å². The lowest BCUT2D eigenvalue weighted by Gasteiger charge is -2.35. The highest BCUT2D eigenvalue weighted by Gasteiger charge is 2.79. The van der Waals surface area contributed by atoms with Crippen LogP contribution in [0.15, 0.2) is 0 Å². The maximum atomic E-state index is 12.7. The Hall–Kier alpha value is -0.770. The van der Waals surface area contributed by atoms with Gasteiger partial charge >= 0.3 is 30.4 Å². The van der Waals surface area contributed by atoms with Gasteiger partial charge in [0.15, 0.2) is 0 Å². The van der Waals surface area contributed by atoms with Crippen LogP contribution >= 0.6 is 0 Å². The quantitative estimate of drug-likeness (QED) is 0.669. The predicted molar refractivity (Wildman–Crippen MR) is 35.5 cm³/mol. The van der Waals surface area contributed by atoms with Crippen molar-refractivity contribution < 1.29 is 48.3 Å². The predicted octanol–water partition coefficient (Wildman–Crippen LogP) is 4.52. The Morgan fingerprint density at radius 1 is 0.778 bits per heavy atom. The zero-order chi connectivity index (χ0) is 15.2. The molecule has 0 amide bonds. The van der Waals surface area contributed by atoms with Crippen LogP contribution in [0.4, 0.5) is 48.3 Å². The molecule has 0 rings (SSSR count). The second-order valence-corrected chi connectivity index (χ2v) is 3.30. The fraction of sp³-hybridized carbons (Fsp3) is 0.857. The van der Waals surface area contributed by atoms with Crippen molar-refractivity contribution in [3.05, 3.63) is 6.43 Å². The molecule has 0 heterocycles. The van der Waals surface area contributed by atoms with E-state index < -0.39 is 43.2 Å². The maximum Gasteiger partial charge on any atom is 0.397 e. The molecular formula is C7H4F11. The Kier molecular flexibility index (Phi) is 4.22. The molecule has 18 heavy (non-hydrogen) atoms. The summed E-state index contributed by atoms with van der Waals surface area (Å²) < 4.78 is 133. The Morgan fingerprint density at radius 2 is 1.11 bits per heavy atom. The summed E-state index contributed by atoms with van der Waals surface area (Å²) in [4.78, 5) is 0. The number of rotatable bonds is 4. The van der Waals surface area contributed by atoms with Gasteiger partial charge in [0.25, 0.3) is 0 Å². The third-order valence-corrected chi connectivity index (χ3v) is 2.09. The number of hydrogen-bond acceptors (Lipinski definition) is 0. The molecule has 0 nitrogen and oxygen atoms in total. The summed E-state index contributed by atoms with van der Waals surface area (Å²) in [6.45, 7) is -0.514. The van der Waals surface area contributed by atoms with Crippen LogP contribution in [-0.2, 0) is 0 Å². The molecule has 0 aromatic carbocycles. The van der Waals surface area contributed by atoms with Gasteiger partial charge in [-0.15, -0.1) is 0 Å². The summed E-state index contributed by atoms with van der Waals surface area (Å²) in [7, 11) is 0. The minimum atomic E-state index is -6.88. The molecule has 109 valence electrons. The van der Waals surface area contributed by atoms with Crippen molar-refractivity contribution in [2.45, 2.75) is 30.9 Å². The molecule has 0 spiro atoms. The van der Waals surface area contributed by atoms with Crippen LogP contribution in [0.3, 0.4) is 0 Å². The molecule has 0 aromatic rings. The summed E-state index contributed by atoms with van der Waals surface area (Å²) in [5, 5.41) is 0. The van der Waals surface area contributed by atoms with Crippen molar-refractivity contribution in [3.63, 3.8) is 0 Å². The molecule has 0 aromatic heterocycles. The van der Waals surface area contributed by atoms with Crippen LogP contribution < -0.4 is 0 Å². The molecule has 0 aliphatic carbocycles. The van der Waals surface area contributed by atoms with Crippen LogP contribution in [0.25, 0.3) is 0 Å². The highest BCUT2D eigenvalue weighted by molar-refractivity contribution is 5.06. The maximum absolute atomic E-state index is 12.7. The van der Waals surface area contributed by atoms with Crippen molar-refractivity contribution in [1.82, 2.24) is 0 Å². The lowest BCUT2D eigenvalue weighted by Crippen LogP contribution is -2.60. The third-order valence-electron chi connectivity index (χ3n) is 2.09. The first-order chi connectivity index (χ1) is 7.60. The zero-order valence-corrected chi connectivity index (χ0v) is 8.23. The van der Waals surface area contributed by atoms with Crippen molar-refractivity contribution in [2.24, 2.45) is 5.92 Å². The molecule has 0 fully saturated rings. The van der Waals surface area contributed by atoms with Crippen LogP contribution in [0.5, 0.6) is 0 Å². The standard InChI is InChI=1S/C7H4F11/c1-2(6(14,15)16)4(10,11)7(17,18)5(12,13)3(8)9/h2H,1H3. The van der Waals surface area contributed by atoms with Crippen LogP contribution in [0, 0.1) is 12.3 Å². The SMILES string of the molecule is CC(C(F)(F)F)C(F)(F)C(F)(F)C(F)(F)[C](F)F. The van der Waals surface area contributed by atoms with E-state index in [1.807, 2.05) is 0 Å². The lowest BCUT2D eigenvalue weighted by molar-refractivity contribution is -0.358. The molecule has 1 radical (unpaired) electrons. The average molecular weight is 297 g/mol. The average Bonchev–Trinajstić information content (AvgIpc) is 2.14. The third kappa shape index (κ3) is 2.48. The Labute approximate surface area is 92.7 Å². The van der Waals surface area contributed by atoms with E-state index in [4.69, 9.17) is 0 Å². The van der Waals surface area contributed by atoms with E-state index in [0.29, 0.717) is 0 Å². The zero-order valence-electron chi connectivity index (χ0n) is 8.23. The van der Waals surface area contributed by atoms with E-state index in [0.717, 1.165) is 0 Å². The van der Waals surface area contributed by atoms with Gasteiger partial charge in [0.2, 0.25) is 0 Å². The van der Waals surface area contributed by atoms with Crippen LogP contribution in [0.2, 0.25) is 0 Å². The Balaban J connectivity index is 5.60. The molecule has 0 saturated heterocycles. The Morgan fingerprint density at radius 3 is 1.33 bits per heavy atom. The van der Waals surface area contributed by atoms with Gasteiger partial charge in [-0.3, -0.25) is 0 Å². The molecular weight excluding hydrogens is 293 g/mol. The van der Waals surface area contributed by atoms with Crippen molar-refractivity contribution in [2.75, 3.05) is 0 Å². The summed E-state index contributed by atoms with van der Waals surface area (Å²) in [6, 6.07) is 0. The number of halogens is 11. The minimum Gasteiger partial charge on any atom is -0.199 e. The van der Waals surface area contributed by atoms with Gasteiger partial charge in [-0.1, -0.05) is 0 Å². The van der Waals surface area contributed by atoms with Gasteiger partial charge in [-0.25, -0.2) is 0 Å². The largest absolute Gasteiger partial charge is 0.397 e. The molecule has 0 saturated carbocycles. The highest BCUT2D eigenvalue weighted by Crippen LogP contribution is 2.55. The van der Waals surface area contributed by atoms with Gasteiger partial charge in [0.1, 0.15) is 5.92 Å². The summed E-state index contributed by atoms with van der Waals surface area (Å²) in [6.07, 6.45) is -10.4. The van der Waals surface area contributed by atoms with Crippen LogP contribution in [-0.4, -0.2) is 23.9 Å². The van der Waals surface area contributed by atoms with Gasteiger partial charge in [0.05, 0.1) is 0 Å². The second-order valence-electron chi connectivity index (χ2n) is 3.30. The van der Waals surface area contributed by atoms with Gasteiger partial charge in [-0.2, -0.15) is 48.3 Å². The van der Waals surface area contributed by atoms with Crippen molar-refractivity contribution in [3.8, 4) is 0 Å². The summed E-state index contributed by atoms with van der Waals surface area (Å²) in [5.41, 5.74) is 0. The first-order valence-electron chi connectivity index (χ1n) is 3.98. The molecule has 0 bridgehead atoms. The van der Waals surface area contributed by atoms with Gasteiger partial charge in [-0.05, 0) is 6.92 Å². The number of hydrogen-bond donors (Lipinski definition) is 0. The summed E-state index contributed by atoms with van der Waals surface area (Å²) >= 11 is 0. The Bertz CT molecular complexity index is 288. The molecule has 0 aliphatic rings. The molecule has 11 heteroatoms. The van der Waals surface area contributed by atoms with Crippen LogP contribution in [0.1, 0.15) is 6.92 Å². The summed E-state index contributed by atoms with van der Waals surface area (Å²) in [5.74, 6) is -24.2. The second kappa shape index (κ2) is 4.41. The van der Waals surface area contributed by atoms with Gasteiger partial charge in [0, 0.05) is 0 Å². The van der Waals surface area contributed by atoms with E-state index in [-0.39, 0.29) is 0 Å². The fourth-order valence-corrected chi connectivity index (χ4v) is 0.805. The fourth-order valence-electron chi connectivity index (χ4n) is 0.805. The van der Waals surface area contributed by atoms with E-state index in [1.54, 1.807) is 0 Å². The van der Waals surface area contributed by atoms with E-state index in [9.17, 15) is 48.3 Å². The van der Waals surface area contributed by atoms with E-state index in [1.165, 1.54) is 0 Å². The molecule has 1 atom stereocenters. The van der Waals surface area contributed by atoms with Crippen molar-refractivity contribution in [1.29, 1.82) is 0 Å². The van der Waals surface area contributed by atoms with E-state index in [2.05, 4.69) is 0 Å². The van der Waals surface area contributed by atoms with Gasteiger partial charge < -0.3 is 0 Å². The first kappa shape index (κ1) is 17.2. The number of alkyl halides is 9. The minimum absolute atomic E-state index is 0.514. The highest BCUT2D eigenvalue weighted by atomic mass is 19.4. The van der Waals surface area contributed by atoms with E-state index >= 15 is 0 Å². The molecule has 0 aliphatic heterocycles. The monoisotopic (exact) mass is 297 g/mol. The lowest BCUT2D eigenvalue weighted by atomic mass is 9.93. The first-order valence-corrected chi connectivity index (χ1v) is 3.98. The molecule has 1 unspecified atom stereocenters. The smallest absolute Gasteiger partial charge is 0.199 e. The molecule has 0 N–H and O–H groups in total. The topological polar surface area (TPSA) is 0 Å². The normalized spacial score (nSPS) is 17.2.